The van der Waals surface area contributed by atoms with Crippen molar-refractivity contribution in [1.82, 2.24) is 10.2 Å². The van der Waals surface area contributed by atoms with Gasteiger partial charge >= 0.3 is 0 Å². The van der Waals surface area contributed by atoms with Gasteiger partial charge in [0.25, 0.3) is 5.91 Å². The second-order valence-corrected chi connectivity index (χ2v) is 4.91. The van der Waals surface area contributed by atoms with Crippen LogP contribution in [0.3, 0.4) is 0 Å². The molecule has 1 aromatic carbocycles. The van der Waals surface area contributed by atoms with E-state index in [-0.39, 0.29) is 5.91 Å². The first kappa shape index (κ1) is 15.0. The van der Waals surface area contributed by atoms with Crippen molar-refractivity contribution in [1.29, 1.82) is 0 Å². The van der Waals surface area contributed by atoms with E-state index >= 15 is 0 Å². The summed E-state index contributed by atoms with van der Waals surface area (Å²) >= 11 is 0. The van der Waals surface area contributed by atoms with Crippen LogP contribution >= 0.6 is 0 Å². The van der Waals surface area contributed by atoms with Crippen LogP contribution in [0.15, 0.2) is 36.4 Å². The maximum absolute atomic E-state index is 12.1. The van der Waals surface area contributed by atoms with Crippen molar-refractivity contribution >= 4 is 17.5 Å². The summed E-state index contributed by atoms with van der Waals surface area (Å²) < 4.78 is 0. The van der Waals surface area contributed by atoms with Crippen LogP contribution in [-0.4, -0.2) is 22.6 Å². The number of nitrogens with one attached hydrogen (secondary N) is 2. The number of anilines is 2. The normalized spacial score (nSPS) is 10.2. The number of unbranched alkanes of at least 4 members (excludes halogenated alkanes) is 1. The van der Waals surface area contributed by atoms with Gasteiger partial charge in [-0.15, -0.1) is 10.2 Å². The molecule has 2 aromatic rings. The zero-order valence-corrected chi connectivity index (χ0v) is 12.4. The number of carbonyl (C=O) groups is 1. The SMILES string of the molecule is CCCCNc1ccc(NC(=O)c2cccc(C)c2)nn1. The highest BCUT2D eigenvalue weighted by atomic mass is 16.1. The van der Waals surface area contributed by atoms with Crippen LogP contribution in [0.1, 0.15) is 35.7 Å². The minimum atomic E-state index is -0.181. The van der Waals surface area contributed by atoms with Gasteiger partial charge in [0.15, 0.2) is 5.82 Å². The quantitative estimate of drug-likeness (QED) is 0.799. The van der Waals surface area contributed by atoms with Gasteiger partial charge in [0.1, 0.15) is 5.82 Å². The predicted molar refractivity (Wildman–Crippen MR) is 84.6 cm³/mol. The fraction of sp³-hybridized carbons (Fsp3) is 0.312. The van der Waals surface area contributed by atoms with Crippen LogP contribution in [0.2, 0.25) is 0 Å². The van der Waals surface area contributed by atoms with Crippen LogP contribution in [0.5, 0.6) is 0 Å². The predicted octanol–water partition coefficient (Wildman–Crippen LogP) is 3.25. The summed E-state index contributed by atoms with van der Waals surface area (Å²) in [7, 11) is 0. The third kappa shape index (κ3) is 4.56. The summed E-state index contributed by atoms with van der Waals surface area (Å²) in [6.07, 6.45) is 2.22. The van der Waals surface area contributed by atoms with Crippen molar-refractivity contribution in [2.45, 2.75) is 26.7 Å². The highest BCUT2D eigenvalue weighted by molar-refractivity contribution is 6.03. The number of benzene rings is 1. The van der Waals surface area contributed by atoms with E-state index in [1.165, 1.54) is 0 Å². The first-order valence-corrected chi connectivity index (χ1v) is 7.14. The number of hydrogen-bond donors (Lipinski definition) is 2. The molecule has 0 bridgehead atoms. The molecule has 1 aromatic heterocycles. The van der Waals surface area contributed by atoms with Crippen LogP contribution in [0.4, 0.5) is 11.6 Å². The van der Waals surface area contributed by atoms with E-state index in [1.807, 2.05) is 31.2 Å². The number of amides is 1. The highest BCUT2D eigenvalue weighted by Crippen LogP contribution is 2.09. The number of hydrogen-bond acceptors (Lipinski definition) is 4. The Morgan fingerprint density at radius 3 is 2.57 bits per heavy atom. The van der Waals surface area contributed by atoms with E-state index in [4.69, 9.17) is 0 Å². The van der Waals surface area contributed by atoms with Gasteiger partial charge in [0.2, 0.25) is 0 Å². The molecule has 0 aliphatic carbocycles. The molecule has 5 heteroatoms. The molecule has 2 rings (SSSR count). The monoisotopic (exact) mass is 284 g/mol. The Morgan fingerprint density at radius 1 is 1.14 bits per heavy atom. The maximum atomic E-state index is 12.1. The van der Waals surface area contributed by atoms with Gasteiger partial charge in [0, 0.05) is 12.1 Å². The zero-order valence-electron chi connectivity index (χ0n) is 12.4. The van der Waals surface area contributed by atoms with Crippen LogP contribution in [0.25, 0.3) is 0 Å². The third-order valence-electron chi connectivity index (χ3n) is 3.02. The molecule has 0 atom stereocenters. The molecule has 2 N–H and O–H groups in total. The van der Waals surface area contributed by atoms with Crippen molar-refractivity contribution in [2.24, 2.45) is 0 Å². The maximum Gasteiger partial charge on any atom is 0.256 e. The fourth-order valence-electron chi connectivity index (χ4n) is 1.86. The topological polar surface area (TPSA) is 66.9 Å². The molecule has 110 valence electrons. The minimum Gasteiger partial charge on any atom is -0.369 e. The van der Waals surface area contributed by atoms with Gasteiger partial charge in [-0.25, -0.2) is 0 Å². The summed E-state index contributed by atoms with van der Waals surface area (Å²) in [5, 5.41) is 14.0. The van der Waals surface area contributed by atoms with Gasteiger partial charge < -0.3 is 10.6 Å². The second kappa shape index (κ2) is 7.38. The lowest BCUT2D eigenvalue weighted by Crippen LogP contribution is -2.14. The van der Waals surface area contributed by atoms with Gasteiger partial charge in [-0.2, -0.15) is 0 Å². The van der Waals surface area contributed by atoms with E-state index in [9.17, 15) is 4.79 Å². The summed E-state index contributed by atoms with van der Waals surface area (Å²) in [5.41, 5.74) is 1.66. The lowest BCUT2D eigenvalue weighted by atomic mass is 10.1. The van der Waals surface area contributed by atoms with E-state index < -0.39 is 0 Å². The Bertz CT molecular complexity index is 595. The molecule has 5 nitrogen and oxygen atoms in total. The molecule has 1 heterocycles. The Balaban J connectivity index is 1.95. The Hall–Kier alpha value is -2.43. The van der Waals surface area contributed by atoms with Crippen molar-refractivity contribution in [3.8, 4) is 0 Å². The Labute approximate surface area is 124 Å². The molecule has 21 heavy (non-hydrogen) atoms. The summed E-state index contributed by atoms with van der Waals surface area (Å²) in [5.74, 6) is 0.985. The van der Waals surface area contributed by atoms with E-state index in [0.717, 1.165) is 30.8 Å². The van der Waals surface area contributed by atoms with E-state index in [0.29, 0.717) is 11.4 Å². The third-order valence-corrected chi connectivity index (χ3v) is 3.02. The first-order chi connectivity index (χ1) is 10.2. The first-order valence-electron chi connectivity index (χ1n) is 7.14. The average molecular weight is 284 g/mol. The fourth-order valence-corrected chi connectivity index (χ4v) is 1.86. The molecule has 1 amide bonds. The Kier molecular flexibility index (Phi) is 5.26. The average Bonchev–Trinajstić information content (AvgIpc) is 2.49. The van der Waals surface area contributed by atoms with Gasteiger partial charge in [0.05, 0.1) is 0 Å². The van der Waals surface area contributed by atoms with Crippen molar-refractivity contribution in [2.75, 3.05) is 17.2 Å². The molecule has 0 spiro atoms. The zero-order chi connectivity index (χ0) is 15.1. The van der Waals surface area contributed by atoms with Crippen molar-refractivity contribution in [3.05, 3.63) is 47.5 Å². The standard InChI is InChI=1S/C16H20N4O/c1-3-4-10-17-14-8-9-15(20-19-14)18-16(21)13-7-5-6-12(2)11-13/h5-9,11H,3-4,10H2,1-2H3,(H,17,19)(H,18,20,21). The summed E-state index contributed by atoms with van der Waals surface area (Å²) in [6, 6.07) is 11.0. The van der Waals surface area contributed by atoms with Gasteiger partial charge in [-0.1, -0.05) is 31.0 Å². The molecule has 0 saturated carbocycles. The lowest BCUT2D eigenvalue weighted by molar-refractivity contribution is 0.102. The molecule has 0 fully saturated rings. The largest absolute Gasteiger partial charge is 0.369 e. The van der Waals surface area contributed by atoms with Crippen LogP contribution < -0.4 is 10.6 Å². The van der Waals surface area contributed by atoms with E-state index in [2.05, 4.69) is 27.8 Å². The molecule has 0 radical (unpaired) electrons. The molecule has 0 aliphatic rings. The summed E-state index contributed by atoms with van der Waals surface area (Å²) in [4.78, 5) is 12.1. The number of aromatic nitrogens is 2. The number of aryl methyl sites for hydroxylation is 1. The molecular weight excluding hydrogens is 264 g/mol. The van der Waals surface area contributed by atoms with Crippen molar-refractivity contribution in [3.63, 3.8) is 0 Å². The van der Waals surface area contributed by atoms with E-state index in [1.54, 1.807) is 12.1 Å². The second-order valence-electron chi connectivity index (χ2n) is 4.91. The van der Waals surface area contributed by atoms with Gasteiger partial charge in [-0.05, 0) is 37.6 Å². The molecule has 0 aliphatic heterocycles. The highest BCUT2D eigenvalue weighted by Gasteiger charge is 2.07. The molecule has 0 unspecified atom stereocenters. The van der Waals surface area contributed by atoms with Crippen molar-refractivity contribution < 1.29 is 4.79 Å². The summed E-state index contributed by atoms with van der Waals surface area (Å²) in [6.45, 7) is 4.96. The molecular formula is C16H20N4O. The van der Waals surface area contributed by atoms with Gasteiger partial charge in [-0.3, -0.25) is 4.79 Å². The van der Waals surface area contributed by atoms with Crippen LogP contribution in [0, 0.1) is 6.92 Å². The number of rotatable bonds is 6. The number of carbonyl (C=O) groups excluding carboxylic acids is 1. The lowest BCUT2D eigenvalue weighted by Gasteiger charge is -2.06. The minimum absolute atomic E-state index is 0.181. The van der Waals surface area contributed by atoms with Crippen LogP contribution in [-0.2, 0) is 0 Å². The Morgan fingerprint density at radius 2 is 1.90 bits per heavy atom. The smallest absolute Gasteiger partial charge is 0.256 e. The molecule has 0 saturated heterocycles. The number of nitrogens with zero attached hydrogens (tertiary/aromatic N) is 2.